The molecule has 6 heteroatoms. The van der Waals surface area contributed by atoms with Gasteiger partial charge < -0.3 is 24.9 Å². The maximum Gasteiger partial charge on any atom is 0.257 e. The smallest absolute Gasteiger partial charge is 0.257 e. The quantitative estimate of drug-likeness (QED) is 0.380. The van der Waals surface area contributed by atoms with Gasteiger partial charge >= 0.3 is 0 Å². The number of aliphatic hydroxyl groups excluding tert-OH is 1. The van der Waals surface area contributed by atoms with Crippen LogP contribution in [-0.2, 0) is 6.42 Å². The minimum Gasteiger partial charge on any atom is -0.497 e. The molecular weight excluding hydrogens is 416 g/mol. The average molecular weight is 443 g/mol. The molecule has 1 aliphatic rings. The molecule has 0 aliphatic carbocycles. The van der Waals surface area contributed by atoms with E-state index >= 15 is 0 Å². The van der Waals surface area contributed by atoms with Crippen LogP contribution in [0.1, 0.15) is 34.3 Å². The molecular formula is C27H26N2O4. The van der Waals surface area contributed by atoms with Crippen LogP contribution < -0.4 is 14.8 Å². The van der Waals surface area contributed by atoms with E-state index in [9.17, 15) is 9.90 Å². The molecule has 0 saturated carbocycles. The SMILES string of the molecule is COc1cccc(-c2cc3c(c(C(=O)N[C@H](O)C(C)c4c[nH]c5ccccc45)c2)OCC3)c1. The van der Waals surface area contributed by atoms with Crippen molar-refractivity contribution in [1.82, 2.24) is 10.3 Å². The fraction of sp³-hybridized carbons (Fsp3) is 0.222. The standard InChI is InChI=1S/C27H26N2O4/c1-16(23-15-28-24-9-4-3-8-21(23)24)26(30)29-27(31)22-14-19(12-18-10-11-33-25(18)22)17-6-5-7-20(13-17)32-2/h3-9,12-16,26,28,30H,10-11H2,1-2H3,(H,29,31)/t16?,26-/m1/s1. The number of carbonyl (C=O) groups excluding carboxylic acids is 1. The van der Waals surface area contributed by atoms with E-state index in [4.69, 9.17) is 9.47 Å². The number of amides is 1. The van der Waals surface area contributed by atoms with E-state index in [2.05, 4.69) is 16.4 Å². The number of aromatic amines is 1. The van der Waals surface area contributed by atoms with Gasteiger partial charge in [0, 0.05) is 29.4 Å². The largest absolute Gasteiger partial charge is 0.497 e. The molecule has 0 bridgehead atoms. The summed E-state index contributed by atoms with van der Waals surface area (Å²) in [6.07, 6.45) is 1.56. The number of H-pyrrole nitrogens is 1. The molecule has 2 atom stereocenters. The zero-order chi connectivity index (χ0) is 22.9. The van der Waals surface area contributed by atoms with E-state index in [1.165, 1.54) is 0 Å². The number of rotatable bonds is 6. The molecule has 1 amide bonds. The minimum atomic E-state index is -1.06. The van der Waals surface area contributed by atoms with Crippen molar-refractivity contribution in [1.29, 1.82) is 0 Å². The second kappa shape index (κ2) is 8.64. The zero-order valence-electron chi connectivity index (χ0n) is 18.6. The second-order valence-electron chi connectivity index (χ2n) is 8.34. The van der Waals surface area contributed by atoms with Crippen molar-refractivity contribution in [2.75, 3.05) is 13.7 Å². The predicted molar refractivity (Wildman–Crippen MR) is 128 cm³/mol. The van der Waals surface area contributed by atoms with E-state index in [0.29, 0.717) is 17.9 Å². The van der Waals surface area contributed by atoms with Crippen LogP contribution >= 0.6 is 0 Å². The third-order valence-electron chi connectivity index (χ3n) is 6.30. The Kier molecular flexibility index (Phi) is 5.52. The van der Waals surface area contributed by atoms with Gasteiger partial charge in [0.15, 0.2) is 0 Å². The van der Waals surface area contributed by atoms with Gasteiger partial charge in [0.25, 0.3) is 5.91 Å². The van der Waals surface area contributed by atoms with Crippen LogP contribution in [0, 0.1) is 0 Å². The second-order valence-corrected chi connectivity index (χ2v) is 8.34. The van der Waals surface area contributed by atoms with Crippen LogP contribution in [0.25, 0.3) is 22.0 Å². The first kappa shape index (κ1) is 21.1. The molecule has 0 spiro atoms. The lowest BCUT2D eigenvalue weighted by atomic mass is 9.96. The Bertz CT molecular complexity index is 1330. The molecule has 3 N–H and O–H groups in total. The van der Waals surface area contributed by atoms with Gasteiger partial charge in [0.05, 0.1) is 19.3 Å². The summed E-state index contributed by atoms with van der Waals surface area (Å²) in [6.45, 7) is 2.43. The Hall–Kier alpha value is -3.77. The summed E-state index contributed by atoms with van der Waals surface area (Å²) >= 11 is 0. The van der Waals surface area contributed by atoms with Crippen molar-refractivity contribution in [2.45, 2.75) is 25.5 Å². The molecule has 0 fully saturated rings. The van der Waals surface area contributed by atoms with Crippen LogP contribution in [0.4, 0.5) is 0 Å². The first-order valence-electron chi connectivity index (χ1n) is 11.0. The Morgan fingerprint density at radius 1 is 1.12 bits per heavy atom. The average Bonchev–Trinajstić information content (AvgIpc) is 3.50. The van der Waals surface area contributed by atoms with Crippen molar-refractivity contribution >= 4 is 16.8 Å². The van der Waals surface area contributed by atoms with Crippen molar-refractivity contribution in [3.05, 3.63) is 83.6 Å². The molecule has 1 aliphatic heterocycles. The molecule has 4 aromatic rings. The van der Waals surface area contributed by atoms with E-state index in [1.54, 1.807) is 7.11 Å². The Morgan fingerprint density at radius 2 is 1.97 bits per heavy atom. The topological polar surface area (TPSA) is 83.6 Å². The molecule has 33 heavy (non-hydrogen) atoms. The highest BCUT2D eigenvalue weighted by atomic mass is 16.5. The highest BCUT2D eigenvalue weighted by molar-refractivity contribution is 5.99. The molecule has 1 unspecified atom stereocenters. The maximum absolute atomic E-state index is 13.3. The Balaban J connectivity index is 1.43. The van der Waals surface area contributed by atoms with Crippen molar-refractivity contribution in [3.63, 3.8) is 0 Å². The minimum absolute atomic E-state index is 0.305. The lowest BCUT2D eigenvalue weighted by molar-refractivity contribution is 0.0725. The van der Waals surface area contributed by atoms with E-state index < -0.39 is 6.23 Å². The summed E-state index contributed by atoms with van der Waals surface area (Å²) in [4.78, 5) is 16.5. The normalized spacial score (nSPS) is 14.4. The molecule has 0 radical (unpaired) electrons. The number of hydrogen-bond donors (Lipinski definition) is 3. The number of aliphatic hydroxyl groups is 1. The number of benzene rings is 3. The number of nitrogens with one attached hydrogen (secondary N) is 2. The first-order valence-corrected chi connectivity index (χ1v) is 11.0. The Morgan fingerprint density at radius 3 is 2.82 bits per heavy atom. The van der Waals surface area contributed by atoms with Gasteiger partial charge in [-0.1, -0.05) is 37.3 Å². The van der Waals surface area contributed by atoms with Gasteiger partial charge in [-0.05, 0) is 52.6 Å². The number of para-hydroxylation sites is 1. The van der Waals surface area contributed by atoms with Gasteiger partial charge in [-0.15, -0.1) is 0 Å². The van der Waals surface area contributed by atoms with E-state index in [0.717, 1.165) is 45.3 Å². The lowest BCUT2D eigenvalue weighted by Crippen LogP contribution is -2.38. The number of aromatic nitrogens is 1. The molecule has 5 rings (SSSR count). The molecule has 1 aromatic heterocycles. The number of carbonyl (C=O) groups is 1. The molecule has 168 valence electrons. The number of fused-ring (bicyclic) bond motifs is 2. The Labute approximate surface area is 192 Å². The van der Waals surface area contributed by atoms with Crippen LogP contribution in [0.2, 0.25) is 0 Å². The van der Waals surface area contributed by atoms with Gasteiger partial charge in [-0.3, -0.25) is 4.79 Å². The fourth-order valence-electron chi connectivity index (χ4n) is 4.42. The molecule has 0 saturated heterocycles. The summed E-state index contributed by atoms with van der Waals surface area (Å²) in [6, 6.07) is 19.5. The number of ether oxygens (including phenoxy) is 2. The third-order valence-corrected chi connectivity index (χ3v) is 6.30. The maximum atomic E-state index is 13.3. The first-order chi connectivity index (χ1) is 16.0. The summed E-state index contributed by atoms with van der Waals surface area (Å²) < 4.78 is 11.1. The third kappa shape index (κ3) is 3.94. The van der Waals surface area contributed by atoms with Crippen LogP contribution in [0.5, 0.6) is 11.5 Å². The van der Waals surface area contributed by atoms with Crippen LogP contribution in [-0.4, -0.2) is 35.9 Å². The highest BCUT2D eigenvalue weighted by Gasteiger charge is 2.26. The number of hydrogen-bond acceptors (Lipinski definition) is 4. The van der Waals surface area contributed by atoms with Crippen molar-refractivity contribution in [3.8, 4) is 22.6 Å². The molecule has 3 aromatic carbocycles. The van der Waals surface area contributed by atoms with Gasteiger partial charge in [0.1, 0.15) is 17.7 Å². The molecule has 2 heterocycles. The van der Waals surface area contributed by atoms with E-state index in [1.807, 2.05) is 67.7 Å². The monoisotopic (exact) mass is 442 g/mol. The summed E-state index contributed by atoms with van der Waals surface area (Å²) in [7, 11) is 1.63. The predicted octanol–water partition coefficient (Wildman–Crippen LogP) is 4.63. The highest BCUT2D eigenvalue weighted by Crippen LogP contribution is 2.36. The molecule has 6 nitrogen and oxygen atoms in total. The van der Waals surface area contributed by atoms with Crippen molar-refractivity contribution in [2.24, 2.45) is 0 Å². The van der Waals surface area contributed by atoms with Crippen molar-refractivity contribution < 1.29 is 19.4 Å². The van der Waals surface area contributed by atoms with Gasteiger partial charge in [-0.25, -0.2) is 0 Å². The van der Waals surface area contributed by atoms with Crippen LogP contribution in [0.15, 0.2) is 66.9 Å². The fourth-order valence-corrected chi connectivity index (χ4v) is 4.42. The van der Waals surface area contributed by atoms with Gasteiger partial charge in [-0.2, -0.15) is 0 Å². The summed E-state index contributed by atoms with van der Waals surface area (Å²) in [5.41, 5.74) is 5.21. The van der Waals surface area contributed by atoms with Gasteiger partial charge in [0.2, 0.25) is 0 Å². The van der Waals surface area contributed by atoms with E-state index in [-0.39, 0.29) is 11.8 Å². The van der Waals surface area contributed by atoms with Crippen LogP contribution in [0.3, 0.4) is 0 Å². The summed E-state index contributed by atoms with van der Waals surface area (Å²) in [5.74, 6) is 0.669. The number of methoxy groups -OCH3 is 1. The lowest BCUT2D eigenvalue weighted by Gasteiger charge is -2.21. The summed E-state index contributed by atoms with van der Waals surface area (Å²) in [5, 5.41) is 14.7. The zero-order valence-corrected chi connectivity index (χ0v) is 18.6.